The van der Waals surface area contributed by atoms with Crippen LogP contribution >= 0.6 is 0 Å². The molecule has 6 heterocycles. The summed E-state index contributed by atoms with van der Waals surface area (Å²) in [6.07, 6.45) is 4.51. The zero-order valence-corrected chi connectivity index (χ0v) is 20.8. The molecule has 1 N–H and O–H groups in total. The molecule has 0 spiro atoms. The molecule has 7 rings (SSSR count). The van der Waals surface area contributed by atoms with Crippen LogP contribution in [0.4, 0.5) is 27.3 Å². The number of hydrogen-bond donors (Lipinski definition) is 1. The number of fused-ring (bicyclic) bond motifs is 5. The van der Waals surface area contributed by atoms with Gasteiger partial charge in [-0.3, -0.25) is 4.79 Å². The first-order valence-electron chi connectivity index (χ1n) is 13.0. The number of anilines is 4. The lowest BCUT2D eigenvalue weighted by Crippen LogP contribution is -2.54. The summed E-state index contributed by atoms with van der Waals surface area (Å²) in [6.45, 7) is 6.18. The van der Waals surface area contributed by atoms with Crippen molar-refractivity contribution in [2.75, 3.05) is 34.9 Å². The molecule has 8 nitrogen and oxygen atoms in total. The number of nitrogens with zero attached hydrogens (tertiary/aromatic N) is 3. The number of amides is 1. The first-order valence-corrected chi connectivity index (χ1v) is 13.0. The predicted molar refractivity (Wildman–Crippen MR) is 134 cm³/mol. The van der Waals surface area contributed by atoms with Gasteiger partial charge in [0, 0.05) is 17.8 Å². The summed E-state index contributed by atoms with van der Waals surface area (Å²) in [5.41, 5.74) is 3.21. The molecule has 2 bridgehead atoms. The fraction of sp³-hybridized carbons (Fsp3) is 0.556. The zero-order valence-electron chi connectivity index (χ0n) is 20.8. The van der Waals surface area contributed by atoms with Crippen LogP contribution in [-0.4, -0.2) is 61.1 Å². The monoisotopic (exact) mass is 496 g/mol. The number of morpholine rings is 1. The number of carbonyl (C=O) groups is 1. The predicted octanol–water partition coefficient (Wildman–Crippen LogP) is 4.15. The van der Waals surface area contributed by atoms with Crippen LogP contribution < -0.4 is 15.1 Å². The summed E-state index contributed by atoms with van der Waals surface area (Å²) in [7, 11) is 0. The van der Waals surface area contributed by atoms with E-state index in [1.54, 1.807) is 4.90 Å². The lowest BCUT2D eigenvalue weighted by atomic mass is 9.96. The van der Waals surface area contributed by atoms with Crippen LogP contribution in [0.25, 0.3) is 0 Å². The number of piperidine rings is 1. The van der Waals surface area contributed by atoms with Gasteiger partial charge in [-0.05, 0) is 63.8 Å². The van der Waals surface area contributed by atoms with Gasteiger partial charge in [-0.15, -0.1) is 0 Å². The van der Waals surface area contributed by atoms with Gasteiger partial charge in [0.2, 0.25) is 0 Å². The molecule has 4 saturated heterocycles. The third-order valence-corrected chi connectivity index (χ3v) is 7.55. The number of rotatable bonds is 4. The molecule has 0 radical (unpaired) electrons. The van der Waals surface area contributed by atoms with Gasteiger partial charge < -0.3 is 29.3 Å². The van der Waals surface area contributed by atoms with Crippen molar-refractivity contribution >= 4 is 28.8 Å². The van der Waals surface area contributed by atoms with Crippen molar-refractivity contribution in [1.29, 1.82) is 0 Å². The Labute approximate surface area is 210 Å². The van der Waals surface area contributed by atoms with Crippen LogP contribution in [0.1, 0.15) is 45.1 Å². The summed E-state index contributed by atoms with van der Waals surface area (Å²) >= 11 is 0. The van der Waals surface area contributed by atoms with E-state index in [-0.39, 0.29) is 30.8 Å². The molecule has 36 heavy (non-hydrogen) atoms. The van der Waals surface area contributed by atoms with Gasteiger partial charge in [0.05, 0.1) is 61.7 Å². The standard InChI is InChI=1S/C27H33FN4O4/c1-16(2)36-22-6-8-25(35-15-22)27(33)32-12-17-9-18(28)11-29-26(17)30-23-7-4-19(10-24(23)32)31-13-21-5-3-20(31)14-34-21/h4,7,9-11,16,20-22,25H,3,5-6,8,12-15H2,1-2H3,(H,29,30)/t20?,21?,22-,25+/m0/s1. The van der Waals surface area contributed by atoms with E-state index < -0.39 is 11.9 Å². The maximum Gasteiger partial charge on any atom is 0.256 e. The molecule has 9 heteroatoms. The van der Waals surface area contributed by atoms with Gasteiger partial charge in [0.1, 0.15) is 17.7 Å². The second kappa shape index (κ2) is 9.61. The lowest BCUT2D eigenvalue weighted by Gasteiger charge is -2.46. The van der Waals surface area contributed by atoms with E-state index in [1.807, 2.05) is 19.9 Å². The van der Waals surface area contributed by atoms with E-state index in [2.05, 4.69) is 27.3 Å². The Bertz CT molecular complexity index is 1130. The zero-order chi connectivity index (χ0) is 24.8. The van der Waals surface area contributed by atoms with Gasteiger partial charge in [0.15, 0.2) is 0 Å². The Kier molecular flexibility index (Phi) is 6.31. The van der Waals surface area contributed by atoms with Crippen molar-refractivity contribution in [3.63, 3.8) is 0 Å². The molecule has 2 aromatic rings. The molecular formula is C27H33FN4O4. The molecule has 1 aromatic heterocycles. The highest BCUT2D eigenvalue weighted by molar-refractivity contribution is 6.01. The summed E-state index contributed by atoms with van der Waals surface area (Å²) in [5, 5.41) is 3.34. The maximum absolute atomic E-state index is 14.1. The highest BCUT2D eigenvalue weighted by Gasteiger charge is 2.37. The van der Waals surface area contributed by atoms with Crippen LogP contribution in [0.5, 0.6) is 0 Å². The molecule has 5 aliphatic rings. The minimum atomic E-state index is -0.573. The van der Waals surface area contributed by atoms with Gasteiger partial charge in [-0.25, -0.2) is 9.37 Å². The van der Waals surface area contributed by atoms with Crippen LogP contribution in [0.3, 0.4) is 0 Å². The van der Waals surface area contributed by atoms with Crippen LogP contribution in [0, 0.1) is 5.82 Å². The Balaban J connectivity index is 1.32. The minimum absolute atomic E-state index is 0.00509. The SMILES string of the molecule is CC(C)O[C@H]1CC[C@H](C(=O)N2Cc3cc(F)cnc3Nc3ccc(N4CC5CCC4CO5)cc32)OC1. The van der Waals surface area contributed by atoms with E-state index in [0.29, 0.717) is 30.5 Å². The number of benzene rings is 1. The van der Waals surface area contributed by atoms with Crippen molar-refractivity contribution in [2.24, 2.45) is 0 Å². The number of hydrogen-bond acceptors (Lipinski definition) is 7. The van der Waals surface area contributed by atoms with Crippen molar-refractivity contribution < 1.29 is 23.4 Å². The normalized spacial score (nSPS) is 27.3. The summed E-state index contributed by atoms with van der Waals surface area (Å²) in [4.78, 5) is 22.3. The third-order valence-electron chi connectivity index (χ3n) is 7.55. The minimum Gasteiger partial charge on any atom is -0.374 e. The van der Waals surface area contributed by atoms with Gasteiger partial charge in [-0.1, -0.05) is 0 Å². The molecule has 4 fully saturated rings. The summed E-state index contributed by atoms with van der Waals surface area (Å²) in [6, 6.07) is 7.91. The molecule has 0 saturated carbocycles. The Morgan fingerprint density at radius 2 is 2.06 bits per heavy atom. The molecule has 2 unspecified atom stereocenters. The van der Waals surface area contributed by atoms with Crippen LogP contribution in [-0.2, 0) is 25.5 Å². The number of nitrogens with one attached hydrogen (secondary N) is 1. The highest BCUT2D eigenvalue weighted by Crippen LogP contribution is 2.40. The van der Waals surface area contributed by atoms with Crippen molar-refractivity contribution in [2.45, 2.75) is 76.5 Å². The van der Waals surface area contributed by atoms with E-state index >= 15 is 0 Å². The molecule has 192 valence electrons. The van der Waals surface area contributed by atoms with Gasteiger partial charge >= 0.3 is 0 Å². The second-order valence-electron chi connectivity index (χ2n) is 10.5. The Morgan fingerprint density at radius 1 is 1.17 bits per heavy atom. The number of aromatic nitrogens is 1. The van der Waals surface area contributed by atoms with Gasteiger partial charge in [0.25, 0.3) is 5.91 Å². The van der Waals surface area contributed by atoms with Gasteiger partial charge in [-0.2, -0.15) is 0 Å². The van der Waals surface area contributed by atoms with Crippen LogP contribution in [0.2, 0.25) is 0 Å². The number of pyridine rings is 1. The highest BCUT2D eigenvalue weighted by atomic mass is 19.1. The number of ether oxygens (including phenoxy) is 3. The van der Waals surface area contributed by atoms with E-state index in [1.165, 1.54) is 12.3 Å². The Morgan fingerprint density at radius 3 is 2.75 bits per heavy atom. The van der Waals surface area contributed by atoms with Crippen LogP contribution in [0.15, 0.2) is 30.5 Å². The van der Waals surface area contributed by atoms with Crippen molar-refractivity contribution in [1.82, 2.24) is 4.98 Å². The lowest BCUT2D eigenvalue weighted by molar-refractivity contribution is -0.143. The molecule has 0 aliphatic carbocycles. The average molecular weight is 497 g/mol. The molecule has 4 atom stereocenters. The molecule has 5 aliphatic heterocycles. The van der Waals surface area contributed by atoms with E-state index in [9.17, 15) is 9.18 Å². The van der Waals surface area contributed by atoms with Crippen molar-refractivity contribution in [3.05, 3.63) is 41.8 Å². The largest absolute Gasteiger partial charge is 0.374 e. The molecule has 1 aromatic carbocycles. The second-order valence-corrected chi connectivity index (χ2v) is 10.5. The third kappa shape index (κ3) is 4.55. The fourth-order valence-electron chi connectivity index (χ4n) is 5.78. The smallest absolute Gasteiger partial charge is 0.256 e. The number of halogens is 1. The quantitative estimate of drug-likeness (QED) is 0.682. The maximum atomic E-state index is 14.1. The van der Waals surface area contributed by atoms with E-state index in [4.69, 9.17) is 14.2 Å². The fourth-order valence-corrected chi connectivity index (χ4v) is 5.78. The first-order chi connectivity index (χ1) is 17.4. The first kappa shape index (κ1) is 23.6. The molecule has 1 amide bonds. The van der Waals surface area contributed by atoms with E-state index in [0.717, 1.165) is 49.5 Å². The number of carbonyl (C=O) groups excluding carboxylic acids is 1. The Hall–Kier alpha value is -2.75. The van der Waals surface area contributed by atoms with Crippen molar-refractivity contribution in [3.8, 4) is 0 Å². The summed E-state index contributed by atoms with van der Waals surface area (Å²) < 4.78 is 31.9. The summed E-state index contributed by atoms with van der Waals surface area (Å²) in [5.74, 6) is 0.00132. The topological polar surface area (TPSA) is 76.2 Å². The molecular weight excluding hydrogens is 463 g/mol. The average Bonchev–Trinajstić information content (AvgIpc) is 3.05.